The Kier molecular flexibility index (Phi) is 2.31. The molecule has 16 heavy (non-hydrogen) atoms. The number of rotatable bonds is 1. The summed E-state index contributed by atoms with van der Waals surface area (Å²) in [6, 6.07) is 7.88. The van der Waals surface area contributed by atoms with Crippen molar-refractivity contribution >= 4 is 5.97 Å². The van der Waals surface area contributed by atoms with E-state index in [0.717, 1.165) is 17.5 Å². The second-order valence-corrected chi connectivity index (χ2v) is 5.05. The molecule has 1 aromatic rings. The van der Waals surface area contributed by atoms with Crippen LogP contribution in [0.1, 0.15) is 31.9 Å². The van der Waals surface area contributed by atoms with Gasteiger partial charge in [-0.05, 0) is 12.0 Å². The Morgan fingerprint density at radius 3 is 2.62 bits per heavy atom. The summed E-state index contributed by atoms with van der Waals surface area (Å²) in [6.45, 7) is 5.44. The highest BCUT2D eigenvalue weighted by Crippen LogP contribution is 2.48. The molecule has 0 radical (unpaired) electrons. The first-order valence-electron chi connectivity index (χ1n) is 5.44. The molecule has 0 saturated carbocycles. The molecule has 1 unspecified atom stereocenters. The van der Waals surface area contributed by atoms with Gasteiger partial charge in [-0.25, -0.2) is 0 Å². The van der Waals surface area contributed by atoms with E-state index in [1.165, 1.54) is 6.92 Å². The third-order valence-electron chi connectivity index (χ3n) is 3.36. The Morgan fingerprint density at radius 1 is 1.38 bits per heavy atom. The first-order valence-corrected chi connectivity index (χ1v) is 5.44. The molecular formula is C13H17NO2. The predicted molar refractivity (Wildman–Crippen MR) is 61.6 cm³/mol. The number of ether oxygens (including phenoxy) is 1. The fourth-order valence-corrected chi connectivity index (χ4v) is 2.43. The maximum atomic E-state index is 11.2. The van der Waals surface area contributed by atoms with Gasteiger partial charge in [0.25, 0.3) is 0 Å². The second kappa shape index (κ2) is 3.32. The summed E-state index contributed by atoms with van der Waals surface area (Å²) in [5, 5.41) is 0. The number of fused-ring (bicyclic) bond motifs is 1. The maximum absolute atomic E-state index is 11.2. The molecule has 3 nitrogen and oxygen atoms in total. The Bertz CT molecular complexity index is 439. The number of hydrogen-bond acceptors (Lipinski definition) is 3. The van der Waals surface area contributed by atoms with Gasteiger partial charge < -0.3 is 4.74 Å². The smallest absolute Gasteiger partial charge is 0.304 e. The van der Waals surface area contributed by atoms with Gasteiger partial charge in [-0.3, -0.25) is 10.5 Å². The summed E-state index contributed by atoms with van der Waals surface area (Å²) < 4.78 is 5.38. The van der Waals surface area contributed by atoms with Gasteiger partial charge in [0.1, 0.15) is 0 Å². The Balaban J connectivity index is 2.53. The van der Waals surface area contributed by atoms with Crippen LogP contribution in [0.2, 0.25) is 0 Å². The van der Waals surface area contributed by atoms with E-state index in [1.807, 2.05) is 38.1 Å². The fourth-order valence-electron chi connectivity index (χ4n) is 2.43. The monoisotopic (exact) mass is 219 g/mol. The largest absolute Gasteiger partial charge is 0.439 e. The molecule has 2 N–H and O–H groups in total. The zero-order valence-electron chi connectivity index (χ0n) is 9.91. The van der Waals surface area contributed by atoms with Crippen molar-refractivity contribution in [3.63, 3.8) is 0 Å². The third-order valence-corrected chi connectivity index (χ3v) is 3.36. The number of carbonyl (C=O) groups is 1. The number of hydrogen-bond donors (Lipinski definition) is 1. The van der Waals surface area contributed by atoms with Crippen LogP contribution in [0, 0.1) is 5.41 Å². The van der Waals surface area contributed by atoms with Gasteiger partial charge >= 0.3 is 5.97 Å². The standard InChI is InChI=1S/C13H17NO2/c1-9(15)16-13(14)11-7-5-4-6-10(11)8-12(13,2)3/h4-7H,8,14H2,1-3H3. The number of carbonyl (C=O) groups excluding carboxylic acids is 1. The van der Waals surface area contributed by atoms with Gasteiger partial charge in [0.2, 0.25) is 0 Å². The van der Waals surface area contributed by atoms with Crippen molar-refractivity contribution < 1.29 is 9.53 Å². The van der Waals surface area contributed by atoms with Gasteiger partial charge in [-0.1, -0.05) is 38.1 Å². The topological polar surface area (TPSA) is 52.3 Å². The summed E-state index contributed by atoms with van der Waals surface area (Å²) in [5.74, 6) is -0.340. The van der Waals surface area contributed by atoms with Gasteiger partial charge in [-0.15, -0.1) is 0 Å². The molecule has 1 aliphatic carbocycles. The van der Waals surface area contributed by atoms with Crippen molar-refractivity contribution in [1.82, 2.24) is 0 Å². The average molecular weight is 219 g/mol. The lowest BCUT2D eigenvalue weighted by molar-refractivity contribution is -0.171. The Hall–Kier alpha value is -1.35. The van der Waals surface area contributed by atoms with Gasteiger partial charge in [0.05, 0.1) is 0 Å². The minimum Gasteiger partial charge on any atom is -0.439 e. The summed E-state index contributed by atoms with van der Waals surface area (Å²) in [6.07, 6.45) is 0.826. The highest BCUT2D eigenvalue weighted by Gasteiger charge is 2.52. The van der Waals surface area contributed by atoms with E-state index >= 15 is 0 Å². The Labute approximate surface area is 95.6 Å². The number of nitrogens with two attached hydrogens (primary N) is 1. The van der Waals surface area contributed by atoms with E-state index in [0.29, 0.717) is 0 Å². The van der Waals surface area contributed by atoms with E-state index in [1.54, 1.807) is 0 Å². The molecule has 0 aliphatic heterocycles. The van der Waals surface area contributed by atoms with Crippen molar-refractivity contribution in [1.29, 1.82) is 0 Å². The van der Waals surface area contributed by atoms with E-state index in [4.69, 9.17) is 10.5 Å². The van der Waals surface area contributed by atoms with Crippen molar-refractivity contribution in [2.24, 2.45) is 11.1 Å². The third kappa shape index (κ3) is 1.43. The van der Waals surface area contributed by atoms with Crippen LogP contribution < -0.4 is 5.73 Å². The minimum atomic E-state index is -1.00. The van der Waals surface area contributed by atoms with Crippen LogP contribution in [0.5, 0.6) is 0 Å². The highest BCUT2D eigenvalue weighted by atomic mass is 16.6. The predicted octanol–water partition coefficient (Wildman–Crippen LogP) is 1.94. The van der Waals surface area contributed by atoms with Crippen molar-refractivity contribution in [2.45, 2.75) is 32.9 Å². The van der Waals surface area contributed by atoms with E-state index in [-0.39, 0.29) is 11.4 Å². The number of benzene rings is 1. The SMILES string of the molecule is CC(=O)OC1(N)c2ccccc2CC1(C)C. The van der Waals surface area contributed by atoms with Gasteiger partial charge in [0.15, 0.2) is 5.72 Å². The molecule has 2 rings (SSSR count). The van der Waals surface area contributed by atoms with Crippen LogP contribution in [-0.2, 0) is 21.7 Å². The molecule has 1 atom stereocenters. The summed E-state index contributed by atoms with van der Waals surface area (Å²) >= 11 is 0. The summed E-state index contributed by atoms with van der Waals surface area (Å²) in [4.78, 5) is 11.2. The molecule has 0 aromatic heterocycles. The summed E-state index contributed by atoms with van der Waals surface area (Å²) in [7, 11) is 0. The van der Waals surface area contributed by atoms with Crippen LogP contribution in [-0.4, -0.2) is 5.97 Å². The second-order valence-electron chi connectivity index (χ2n) is 5.05. The number of esters is 1. The minimum absolute atomic E-state index is 0.275. The first-order chi connectivity index (χ1) is 7.37. The molecule has 86 valence electrons. The molecule has 1 aliphatic rings. The molecule has 0 bridgehead atoms. The lowest BCUT2D eigenvalue weighted by Gasteiger charge is -2.37. The van der Waals surface area contributed by atoms with Crippen LogP contribution >= 0.6 is 0 Å². The molecular weight excluding hydrogens is 202 g/mol. The van der Waals surface area contributed by atoms with Crippen LogP contribution in [0.4, 0.5) is 0 Å². The van der Waals surface area contributed by atoms with E-state index in [2.05, 4.69) is 0 Å². The molecule has 0 fully saturated rings. The van der Waals surface area contributed by atoms with Crippen molar-refractivity contribution in [2.75, 3.05) is 0 Å². The van der Waals surface area contributed by atoms with Crippen LogP contribution in [0.25, 0.3) is 0 Å². The quantitative estimate of drug-likeness (QED) is 0.580. The molecule has 0 spiro atoms. The van der Waals surface area contributed by atoms with Gasteiger partial charge in [-0.2, -0.15) is 0 Å². The molecule has 0 heterocycles. The molecule has 1 aromatic carbocycles. The lowest BCUT2D eigenvalue weighted by Crippen LogP contribution is -2.50. The van der Waals surface area contributed by atoms with Gasteiger partial charge in [0, 0.05) is 17.9 Å². The normalized spacial score (nSPS) is 26.2. The van der Waals surface area contributed by atoms with Crippen molar-refractivity contribution in [3.8, 4) is 0 Å². The van der Waals surface area contributed by atoms with E-state index in [9.17, 15) is 4.79 Å². The van der Waals surface area contributed by atoms with Crippen LogP contribution in [0.15, 0.2) is 24.3 Å². The average Bonchev–Trinajstić information content (AvgIpc) is 2.34. The van der Waals surface area contributed by atoms with Crippen molar-refractivity contribution in [3.05, 3.63) is 35.4 Å². The first kappa shape index (κ1) is 11.1. The zero-order valence-corrected chi connectivity index (χ0v) is 9.91. The van der Waals surface area contributed by atoms with Crippen LogP contribution in [0.3, 0.4) is 0 Å². The fraction of sp³-hybridized carbons (Fsp3) is 0.462. The molecule has 3 heteroatoms. The molecule has 0 saturated heterocycles. The zero-order chi connectivity index (χ0) is 12.0. The molecule has 0 amide bonds. The van der Waals surface area contributed by atoms with E-state index < -0.39 is 5.72 Å². The highest BCUT2D eigenvalue weighted by molar-refractivity contribution is 5.67. The Morgan fingerprint density at radius 2 is 2.00 bits per heavy atom. The maximum Gasteiger partial charge on any atom is 0.304 e. The summed E-state index contributed by atoms with van der Waals surface area (Å²) in [5.41, 5.74) is 7.12. The lowest BCUT2D eigenvalue weighted by atomic mass is 9.82.